The second kappa shape index (κ2) is 5.94. The van der Waals surface area contributed by atoms with Gasteiger partial charge in [0.25, 0.3) is 10.0 Å². The van der Waals surface area contributed by atoms with E-state index >= 15 is 0 Å². The van der Waals surface area contributed by atoms with Crippen LogP contribution in [0.25, 0.3) is 5.95 Å². The number of hydrogen-bond acceptors (Lipinski definition) is 5. The number of imidazole rings is 1. The molecule has 0 saturated heterocycles. The molecular weight excluding hydrogens is 345 g/mol. The van der Waals surface area contributed by atoms with Gasteiger partial charge in [0.05, 0.1) is 6.20 Å². The maximum atomic E-state index is 12.9. The highest BCUT2D eigenvalue weighted by Gasteiger charge is 2.21. The number of rotatable bonds is 4. The summed E-state index contributed by atoms with van der Waals surface area (Å²) in [5.41, 5.74) is 0.214. The molecule has 1 aromatic carbocycles. The van der Waals surface area contributed by atoms with E-state index in [1.54, 1.807) is 0 Å². The van der Waals surface area contributed by atoms with Gasteiger partial charge in [-0.05, 0) is 30.3 Å². The monoisotopic (exact) mass is 353 g/mol. The molecule has 23 heavy (non-hydrogen) atoms. The fourth-order valence-corrected chi connectivity index (χ4v) is 3.07. The smallest absolute Gasteiger partial charge is 0.278 e. The summed E-state index contributed by atoms with van der Waals surface area (Å²) in [6.45, 7) is 0. The summed E-state index contributed by atoms with van der Waals surface area (Å²) in [5.74, 6) is -0.403. The Labute approximate surface area is 135 Å². The van der Waals surface area contributed by atoms with Crippen LogP contribution in [0, 0.1) is 5.82 Å². The van der Waals surface area contributed by atoms with Crippen LogP contribution < -0.4 is 4.72 Å². The SMILES string of the molecule is O=S(=O)(Nc1ccc(F)cc1)c1cncn1-c1nccc(Cl)n1. The molecule has 0 spiro atoms. The Morgan fingerprint density at radius 1 is 1.17 bits per heavy atom. The first-order valence-electron chi connectivity index (χ1n) is 6.25. The molecule has 0 aliphatic carbocycles. The highest BCUT2D eigenvalue weighted by atomic mass is 35.5. The lowest BCUT2D eigenvalue weighted by Crippen LogP contribution is -2.17. The molecule has 7 nitrogen and oxygen atoms in total. The van der Waals surface area contributed by atoms with Crippen molar-refractivity contribution in [2.75, 3.05) is 4.72 Å². The van der Waals surface area contributed by atoms with Crippen LogP contribution in [0.2, 0.25) is 5.15 Å². The van der Waals surface area contributed by atoms with Gasteiger partial charge in [0.15, 0.2) is 5.03 Å². The van der Waals surface area contributed by atoms with E-state index in [2.05, 4.69) is 19.7 Å². The van der Waals surface area contributed by atoms with Crippen molar-refractivity contribution in [2.45, 2.75) is 5.03 Å². The summed E-state index contributed by atoms with van der Waals surface area (Å²) in [4.78, 5) is 11.7. The fraction of sp³-hybridized carbons (Fsp3) is 0. The third-order valence-electron chi connectivity index (χ3n) is 2.80. The Balaban J connectivity index is 1.98. The van der Waals surface area contributed by atoms with E-state index in [9.17, 15) is 12.8 Å². The van der Waals surface area contributed by atoms with Gasteiger partial charge < -0.3 is 0 Å². The zero-order chi connectivity index (χ0) is 16.4. The zero-order valence-electron chi connectivity index (χ0n) is 11.4. The predicted octanol–water partition coefficient (Wildman–Crippen LogP) is 2.26. The van der Waals surface area contributed by atoms with Crippen molar-refractivity contribution in [1.29, 1.82) is 0 Å². The average Bonchev–Trinajstić information content (AvgIpc) is 3.00. The van der Waals surface area contributed by atoms with Gasteiger partial charge in [-0.25, -0.2) is 19.3 Å². The Morgan fingerprint density at radius 3 is 2.61 bits per heavy atom. The minimum absolute atomic E-state index is 0.0643. The van der Waals surface area contributed by atoms with E-state index in [-0.39, 0.29) is 21.8 Å². The van der Waals surface area contributed by atoms with Crippen molar-refractivity contribution < 1.29 is 12.8 Å². The first-order chi connectivity index (χ1) is 11.0. The van der Waals surface area contributed by atoms with E-state index in [0.717, 1.165) is 18.3 Å². The normalized spacial score (nSPS) is 11.4. The standard InChI is InChI=1S/C13H9ClFN5O2S/c14-11-5-6-17-13(18-11)20-8-16-7-12(20)23(21,22)19-10-3-1-9(15)2-4-10/h1-8,19H. The summed E-state index contributed by atoms with van der Waals surface area (Å²) < 4.78 is 41.3. The minimum atomic E-state index is -3.97. The Kier molecular flexibility index (Phi) is 3.97. The molecule has 10 heteroatoms. The molecule has 0 unspecified atom stereocenters. The number of sulfonamides is 1. The third-order valence-corrected chi connectivity index (χ3v) is 4.37. The highest BCUT2D eigenvalue weighted by Crippen LogP contribution is 2.18. The van der Waals surface area contributed by atoms with Crippen LogP contribution in [0.5, 0.6) is 0 Å². The summed E-state index contributed by atoms with van der Waals surface area (Å²) >= 11 is 5.79. The minimum Gasteiger partial charge on any atom is -0.278 e. The molecule has 1 N–H and O–H groups in total. The van der Waals surface area contributed by atoms with Gasteiger partial charge in [0, 0.05) is 11.9 Å². The lowest BCUT2D eigenvalue weighted by molar-refractivity contribution is 0.593. The number of aromatic nitrogens is 4. The van der Waals surface area contributed by atoms with Crippen molar-refractivity contribution in [1.82, 2.24) is 19.5 Å². The van der Waals surface area contributed by atoms with Crippen LogP contribution in [0.15, 0.2) is 54.1 Å². The highest BCUT2D eigenvalue weighted by molar-refractivity contribution is 7.92. The molecule has 3 aromatic rings. The van der Waals surface area contributed by atoms with E-state index < -0.39 is 15.8 Å². The van der Waals surface area contributed by atoms with E-state index in [4.69, 9.17) is 11.6 Å². The zero-order valence-corrected chi connectivity index (χ0v) is 13.0. The van der Waals surface area contributed by atoms with Crippen LogP contribution in [0.3, 0.4) is 0 Å². The first kappa shape index (κ1) is 15.4. The number of anilines is 1. The van der Waals surface area contributed by atoms with Gasteiger partial charge in [-0.15, -0.1) is 0 Å². The summed E-state index contributed by atoms with van der Waals surface area (Å²) in [6.07, 6.45) is 3.80. The van der Waals surface area contributed by atoms with Crippen molar-refractivity contribution in [2.24, 2.45) is 0 Å². The van der Waals surface area contributed by atoms with Crippen LogP contribution in [-0.2, 0) is 10.0 Å². The summed E-state index contributed by atoms with van der Waals surface area (Å²) in [5, 5.41) is -0.0115. The van der Waals surface area contributed by atoms with Crippen molar-refractivity contribution in [3.05, 3.63) is 60.0 Å². The van der Waals surface area contributed by atoms with E-state index in [1.165, 1.54) is 35.3 Å². The molecule has 0 bridgehead atoms. The maximum Gasteiger partial charge on any atom is 0.279 e. The first-order valence-corrected chi connectivity index (χ1v) is 8.11. The van der Waals surface area contributed by atoms with Crippen LogP contribution in [0.4, 0.5) is 10.1 Å². The average molecular weight is 354 g/mol. The van der Waals surface area contributed by atoms with Crippen molar-refractivity contribution in [3.8, 4) is 5.95 Å². The maximum absolute atomic E-state index is 12.9. The topological polar surface area (TPSA) is 89.8 Å². The molecule has 0 fully saturated rings. The molecule has 0 aliphatic rings. The Morgan fingerprint density at radius 2 is 1.91 bits per heavy atom. The van der Waals surface area contributed by atoms with Gasteiger partial charge in [0.1, 0.15) is 17.3 Å². The second-order valence-corrected chi connectivity index (χ2v) is 6.41. The number of hydrogen-bond donors (Lipinski definition) is 1. The van der Waals surface area contributed by atoms with Gasteiger partial charge in [-0.3, -0.25) is 9.29 Å². The largest absolute Gasteiger partial charge is 0.279 e. The van der Waals surface area contributed by atoms with E-state index in [0.29, 0.717) is 0 Å². The van der Waals surface area contributed by atoms with Gasteiger partial charge in [0.2, 0.25) is 5.95 Å². The Hall–Kier alpha value is -2.52. The second-order valence-electron chi connectivity index (χ2n) is 4.39. The number of benzene rings is 1. The molecule has 0 radical (unpaired) electrons. The summed E-state index contributed by atoms with van der Waals surface area (Å²) in [7, 11) is -3.97. The molecule has 118 valence electrons. The Bertz CT molecular complexity index is 943. The molecule has 0 saturated carbocycles. The number of halogens is 2. The quantitative estimate of drug-likeness (QED) is 0.726. The van der Waals surface area contributed by atoms with Crippen molar-refractivity contribution in [3.63, 3.8) is 0 Å². The molecule has 3 rings (SSSR count). The molecular formula is C13H9ClFN5O2S. The molecule has 0 atom stereocenters. The van der Waals surface area contributed by atoms with E-state index in [1.807, 2.05) is 0 Å². The molecule has 2 aromatic heterocycles. The van der Waals surface area contributed by atoms with Crippen LogP contribution >= 0.6 is 11.6 Å². The summed E-state index contributed by atoms with van der Waals surface area (Å²) in [6, 6.07) is 6.38. The fourth-order valence-electron chi connectivity index (χ4n) is 1.80. The van der Waals surface area contributed by atoms with Gasteiger partial charge in [-0.2, -0.15) is 8.42 Å². The van der Waals surface area contributed by atoms with Gasteiger partial charge >= 0.3 is 0 Å². The lowest BCUT2D eigenvalue weighted by Gasteiger charge is -2.09. The third kappa shape index (κ3) is 3.30. The molecule has 0 aliphatic heterocycles. The van der Waals surface area contributed by atoms with Crippen LogP contribution in [0.1, 0.15) is 0 Å². The molecule has 0 amide bonds. The van der Waals surface area contributed by atoms with Gasteiger partial charge in [-0.1, -0.05) is 11.6 Å². The lowest BCUT2D eigenvalue weighted by atomic mass is 10.3. The number of nitrogens with one attached hydrogen (secondary N) is 1. The molecule has 2 heterocycles. The van der Waals surface area contributed by atoms with Crippen LogP contribution in [-0.4, -0.2) is 27.9 Å². The number of nitrogens with zero attached hydrogens (tertiary/aromatic N) is 4. The predicted molar refractivity (Wildman–Crippen MR) is 81.4 cm³/mol. The van der Waals surface area contributed by atoms with Crippen molar-refractivity contribution >= 4 is 27.3 Å².